The van der Waals surface area contributed by atoms with Crippen molar-refractivity contribution in [2.24, 2.45) is 0 Å². The molecular weight excluding hydrogens is 170 g/mol. The monoisotopic (exact) mass is 181 g/mol. The van der Waals surface area contributed by atoms with Gasteiger partial charge in [0, 0.05) is 11.3 Å². The first-order valence-electron chi connectivity index (χ1n) is 4.05. The third kappa shape index (κ3) is 3.21. The Hall–Kier alpha value is -1.42. The van der Waals surface area contributed by atoms with E-state index in [1.54, 1.807) is 24.3 Å². The highest BCUT2D eigenvalue weighted by Crippen LogP contribution is 2.15. The first-order valence-corrected chi connectivity index (χ1v) is 4.05. The Balaban J connectivity index is 2.49. The smallest absolute Gasteiger partial charge is 0.206 e. The van der Waals surface area contributed by atoms with Crippen LogP contribution < -0.4 is 0 Å². The van der Waals surface area contributed by atoms with Crippen molar-refractivity contribution in [3.63, 3.8) is 0 Å². The van der Waals surface area contributed by atoms with E-state index in [0.717, 1.165) is 5.56 Å². The van der Waals surface area contributed by atoms with Gasteiger partial charge in [-0.05, 0) is 5.56 Å². The van der Waals surface area contributed by atoms with Crippen LogP contribution in [0.5, 0.6) is 0 Å². The lowest BCUT2D eigenvalue weighted by Crippen LogP contribution is -2.06. The Morgan fingerprint density at radius 1 is 1.38 bits per heavy atom. The van der Waals surface area contributed by atoms with Crippen molar-refractivity contribution in [2.75, 3.05) is 6.54 Å². The zero-order chi connectivity index (χ0) is 9.68. The molecule has 0 heterocycles. The molecule has 0 aliphatic carbocycles. The summed E-state index contributed by atoms with van der Waals surface area (Å²) in [6.45, 7) is -0.198. The molecule has 0 bridgehead atoms. The molecule has 1 rings (SSSR count). The van der Waals surface area contributed by atoms with E-state index < -0.39 is 11.0 Å². The Bertz CT molecular complexity index is 273. The minimum Gasteiger partial charge on any atom is -0.388 e. The summed E-state index contributed by atoms with van der Waals surface area (Å²) in [6.07, 6.45) is -0.566. The van der Waals surface area contributed by atoms with Crippen LogP contribution in [0, 0.1) is 10.1 Å². The summed E-state index contributed by atoms with van der Waals surface area (Å²) in [5, 5.41) is 19.5. The fourth-order valence-corrected chi connectivity index (χ4v) is 1.07. The number of nitrogens with zero attached hydrogens (tertiary/aromatic N) is 1. The lowest BCUT2D eigenvalue weighted by Gasteiger charge is -2.07. The quantitative estimate of drug-likeness (QED) is 0.563. The molecule has 0 saturated heterocycles. The summed E-state index contributed by atoms with van der Waals surface area (Å²) >= 11 is 0. The minimum absolute atomic E-state index is 0.164. The second-order valence-corrected chi connectivity index (χ2v) is 2.77. The van der Waals surface area contributed by atoms with Crippen molar-refractivity contribution in [1.82, 2.24) is 0 Å². The molecule has 13 heavy (non-hydrogen) atoms. The van der Waals surface area contributed by atoms with Crippen molar-refractivity contribution >= 4 is 0 Å². The maximum Gasteiger partial charge on any atom is 0.206 e. The van der Waals surface area contributed by atoms with Crippen LogP contribution in [-0.4, -0.2) is 16.6 Å². The van der Waals surface area contributed by atoms with Gasteiger partial charge in [0.25, 0.3) is 0 Å². The van der Waals surface area contributed by atoms with Crippen molar-refractivity contribution in [2.45, 2.75) is 12.5 Å². The number of aliphatic hydroxyl groups is 1. The molecule has 1 aromatic rings. The molecule has 0 aromatic heterocycles. The molecule has 0 radical (unpaired) electrons. The molecule has 1 atom stereocenters. The topological polar surface area (TPSA) is 63.4 Å². The van der Waals surface area contributed by atoms with Gasteiger partial charge in [0.05, 0.1) is 6.10 Å². The Morgan fingerprint density at radius 3 is 2.54 bits per heavy atom. The van der Waals surface area contributed by atoms with E-state index in [1.807, 2.05) is 6.07 Å². The molecule has 0 spiro atoms. The van der Waals surface area contributed by atoms with E-state index in [4.69, 9.17) is 0 Å². The molecule has 0 amide bonds. The predicted molar refractivity (Wildman–Crippen MR) is 47.9 cm³/mol. The van der Waals surface area contributed by atoms with Crippen molar-refractivity contribution < 1.29 is 10.0 Å². The molecule has 4 nitrogen and oxygen atoms in total. The summed E-state index contributed by atoms with van der Waals surface area (Å²) in [5.74, 6) is 0. The van der Waals surface area contributed by atoms with Crippen LogP contribution in [0.15, 0.2) is 30.3 Å². The molecule has 0 unspecified atom stereocenters. The van der Waals surface area contributed by atoms with E-state index in [-0.39, 0.29) is 13.0 Å². The fourth-order valence-electron chi connectivity index (χ4n) is 1.07. The lowest BCUT2D eigenvalue weighted by atomic mass is 10.1. The van der Waals surface area contributed by atoms with Crippen LogP contribution in [0.3, 0.4) is 0 Å². The molecular formula is C9H11NO3. The second kappa shape index (κ2) is 4.57. The summed E-state index contributed by atoms with van der Waals surface area (Å²) < 4.78 is 0. The molecule has 0 fully saturated rings. The van der Waals surface area contributed by atoms with E-state index in [0.29, 0.717) is 0 Å². The average molecular weight is 181 g/mol. The van der Waals surface area contributed by atoms with Gasteiger partial charge in [-0.25, -0.2) is 0 Å². The van der Waals surface area contributed by atoms with Gasteiger partial charge in [0.2, 0.25) is 6.54 Å². The number of benzene rings is 1. The normalized spacial score (nSPS) is 12.4. The van der Waals surface area contributed by atoms with E-state index in [1.165, 1.54) is 0 Å². The fraction of sp³-hybridized carbons (Fsp3) is 0.333. The Labute approximate surface area is 76.0 Å². The summed E-state index contributed by atoms with van der Waals surface area (Å²) in [5.41, 5.74) is 0.726. The standard InChI is InChI=1S/C9H11NO3/c11-9(6-7-10(12)13)8-4-2-1-3-5-8/h1-5,9,11H,6-7H2/t9-/m0/s1. The largest absolute Gasteiger partial charge is 0.388 e. The zero-order valence-electron chi connectivity index (χ0n) is 7.09. The molecule has 70 valence electrons. The number of hydrogen-bond donors (Lipinski definition) is 1. The van der Waals surface area contributed by atoms with Gasteiger partial charge >= 0.3 is 0 Å². The van der Waals surface area contributed by atoms with Crippen LogP contribution in [-0.2, 0) is 0 Å². The number of aliphatic hydroxyl groups excluding tert-OH is 1. The second-order valence-electron chi connectivity index (χ2n) is 2.77. The average Bonchev–Trinajstić information content (AvgIpc) is 2.15. The summed E-state index contributed by atoms with van der Waals surface area (Å²) in [7, 11) is 0. The maximum absolute atomic E-state index is 10.0. The highest BCUT2D eigenvalue weighted by Gasteiger charge is 2.09. The number of rotatable bonds is 4. The Morgan fingerprint density at radius 2 is 2.00 bits per heavy atom. The lowest BCUT2D eigenvalue weighted by molar-refractivity contribution is -0.482. The molecule has 1 N–H and O–H groups in total. The molecule has 1 aromatic carbocycles. The third-order valence-corrected chi connectivity index (χ3v) is 1.77. The molecule has 0 aliphatic heterocycles. The van der Waals surface area contributed by atoms with E-state index in [9.17, 15) is 15.2 Å². The first-order chi connectivity index (χ1) is 6.20. The number of nitro groups is 1. The van der Waals surface area contributed by atoms with Crippen LogP contribution in [0.2, 0.25) is 0 Å². The molecule has 4 heteroatoms. The van der Waals surface area contributed by atoms with Gasteiger partial charge in [0.1, 0.15) is 0 Å². The highest BCUT2D eigenvalue weighted by atomic mass is 16.6. The third-order valence-electron chi connectivity index (χ3n) is 1.77. The van der Waals surface area contributed by atoms with Crippen LogP contribution in [0.1, 0.15) is 18.1 Å². The van der Waals surface area contributed by atoms with Crippen molar-refractivity contribution in [3.8, 4) is 0 Å². The van der Waals surface area contributed by atoms with E-state index >= 15 is 0 Å². The minimum atomic E-state index is -0.730. The van der Waals surface area contributed by atoms with Crippen molar-refractivity contribution in [1.29, 1.82) is 0 Å². The molecule has 0 saturated carbocycles. The van der Waals surface area contributed by atoms with Crippen LogP contribution in [0.25, 0.3) is 0 Å². The Kier molecular flexibility index (Phi) is 3.40. The highest BCUT2D eigenvalue weighted by molar-refractivity contribution is 5.16. The van der Waals surface area contributed by atoms with Crippen LogP contribution in [0.4, 0.5) is 0 Å². The SMILES string of the molecule is O=[N+]([O-])CC[C@H](O)c1ccccc1. The van der Waals surface area contributed by atoms with Gasteiger partial charge in [-0.15, -0.1) is 0 Å². The van der Waals surface area contributed by atoms with Gasteiger partial charge in [0.15, 0.2) is 0 Å². The zero-order valence-corrected chi connectivity index (χ0v) is 7.09. The van der Waals surface area contributed by atoms with Gasteiger partial charge in [-0.2, -0.15) is 0 Å². The van der Waals surface area contributed by atoms with Gasteiger partial charge < -0.3 is 5.11 Å². The summed E-state index contributed by atoms with van der Waals surface area (Å²) in [4.78, 5) is 9.61. The maximum atomic E-state index is 10.0. The van der Waals surface area contributed by atoms with Crippen LogP contribution >= 0.6 is 0 Å². The predicted octanol–water partition coefficient (Wildman–Crippen LogP) is 1.39. The molecule has 0 aliphatic rings. The number of hydrogen-bond acceptors (Lipinski definition) is 3. The van der Waals surface area contributed by atoms with E-state index in [2.05, 4.69) is 0 Å². The van der Waals surface area contributed by atoms with Crippen molar-refractivity contribution in [3.05, 3.63) is 46.0 Å². The summed E-state index contributed by atoms with van der Waals surface area (Å²) in [6, 6.07) is 8.94. The van der Waals surface area contributed by atoms with Gasteiger partial charge in [-0.1, -0.05) is 30.3 Å². The van der Waals surface area contributed by atoms with Gasteiger partial charge in [-0.3, -0.25) is 10.1 Å². The first kappa shape index (κ1) is 9.67.